The van der Waals surface area contributed by atoms with Gasteiger partial charge >= 0.3 is 0 Å². The molecular formula is C8H13N7. The van der Waals surface area contributed by atoms with Crippen molar-refractivity contribution in [2.75, 3.05) is 6.54 Å². The van der Waals surface area contributed by atoms with Crippen LogP contribution in [-0.4, -0.2) is 36.3 Å². The molecule has 0 spiro atoms. The van der Waals surface area contributed by atoms with Crippen molar-refractivity contribution in [1.82, 2.24) is 29.8 Å². The lowest BCUT2D eigenvalue weighted by Crippen LogP contribution is -2.10. The Labute approximate surface area is 86.9 Å². The van der Waals surface area contributed by atoms with Gasteiger partial charge in [0.15, 0.2) is 5.82 Å². The van der Waals surface area contributed by atoms with E-state index >= 15 is 0 Å². The van der Waals surface area contributed by atoms with Crippen molar-refractivity contribution in [2.24, 2.45) is 12.8 Å². The summed E-state index contributed by atoms with van der Waals surface area (Å²) in [6.07, 6.45) is 1.82. The molecule has 80 valence electrons. The van der Waals surface area contributed by atoms with E-state index in [0.29, 0.717) is 18.8 Å². The maximum absolute atomic E-state index is 5.42. The Hall–Kier alpha value is -1.76. The summed E-state index contributed by atoms with van der Waals surface area (Å²) in [7, 11) is 1.83. The van der Waals surface area contributed by atoms with Gasteiger partial charge in [-0.1, -0.05) is 5.21 Å². The fourth-order valence-corrected chi connectivity index (χ4v) is 1.38. The highest BCUT2D eigenvalue weighted by atomic mass is 15.4. The minimum Gasteiger partial charge on any atom is -0.329 e. The lowest BCUT2D eigenvalue weighted by molar-refractivity contribution is 0.598. The van der Waals surface area contributed by atoms with Crippen LogP contribution in [-0.2, 0) is 13.6 Å². The number of aromatic nitrogens is 6. The molecule has 0 fully saturated rings. The summed E-state index contributed by atoms with van der Waals surface area (Å²) in [4.78, 5) is 4.26. The Morgan fingerprint density at radius 3 is 2.87 bits per heavy atom. The average Bonchev–Trinajstić information content (AvgIpc) is 2.73. The molecule has 7 nitrogen and oxygen atoms in total. The third kappa shape index (κ3) is 1.86. The molecule has 0 unspecified atom stereocenters. The number of rotatable bonds is 3. The zero-order valence-corrected chi connectivity index (χ0v) is 8.75. The topological polar surface area (TPSA) is 87.4 Å². The van der Waals surface area contributed by atoms with Crippen LogP contribution in [0.3, 0.4) is 0 Å². The molecule has 15 heavy (non-hydrogen) atoms. The van der Waals surface area contributed by atoms with Gasteiger partial charge in [0.05, 0.1) is 12.7 Å². The van der Waals surface area contributed by atoms with Gasteiger partial charge in [-0.25, -0.2) is 9.67 Å². The molecule has 2 rings (SSSR count). The number of nitrogens with two attached hydrogens (primary N) is 1. The van der Waals surface area contributed by atoms with Crippen LogP contribution in [0.4, 0.5) is 0 Å². The van der Waals surface area contributed by atoms with Crippen LogP contribution in [0.25, 0.3) is 11.5 Å². The molecule has 2 heterocycles. The van der Waals surface area contributed by atoms with Crippen LogP contribution >= 0.6 is 0 Å². The van der Waals surface area contributed by atoms with Gasteiger partial charge in [-0.05, 0) is 6.92 Å². The first-order valence-corrected chi connectivity index (χ1v) is 4.69. The van der Waals surface area contributed by atoms with Crippen LogP contribution < -0.4 is 5.73 Å². The highest BCUT2D eigenvalue weighted by molar-refractivity contribution is 5.46. The van der Waals surface area contributed by atoms with Gasteiger partial charge in [-0.2, -0.15) is 5.10 Å². The lowest BCUT2D eigenvalue weighted by Gasteiger charge is -1.93. The summed E-state index contributed by atoms with van der Waals surface area (Å²) in [5.41, 5.74) is 6.14. The molecule has 0 aromatic carbocycles. The van der Waals surface area contributed by atoms with Gasteiger partial charge in [0, 0.05) is 13.6 Å². The normalized spacial score (nSPS) is 10.9. The summed E-state index contributed by atoms with van der Waals surface area (Å²) in [6.45, 7) is 3.04. The number of hydrogen-bond donors (Lipinski definition) is 1. The van der Waals surface area contributed by atoms with Crippen molar-refractivity contribution in [3.8, 4) is 11.5 Å². The molecule has 0 aliphatic rings. The Bertz CT molecular complexity index is 455. The van der Waals surface area contributed by atoms with Crippen LogP contribution in [0.15, 0.2) is 6.20 Å². The zero-order chi connectivity index (χ0) is 10.8. The molecule has 0 aliphatic heterocycles. The number of hydrogen-bond acceptors (Lipinski definition) is 5. The first kappa shape index (κ1) is 9.78. The molecule has 0 saturated heterocycles. The predicted molar refractivity (Wildman–Crippen MR) is 53.8 cm³/mol. The Balaban J connectivity index is 2.32. The number of nitrogens with zero attached hydrogens (tertiary/aromatic N) is 6. The smallest absolute Gasteiger partial charge is 0.180 e. The molecule has 0 atom stereocenters. The van der Waals surface area contributed by atoms with Crippen LogP contribution in [0.1, 0.15) is 5.82 Å². The molecule has 2 aromatic rings. The molecule has 0 aliphatic carbocycles. The molecule has 0 amide bonds. The molecule has 2 N–H and O–H groups in total. The summed E-state index contributed by atoms with van der Waals surface area (Å²) in [5.74, 6) is 1.44. The van der Waals surface area contributed by atoms with Gasteiger partial charge in [0.2, 0.25) is 0 Å². The lowest BCUT2D eigenvalue weighted by atomic mass is 10.4. The molecule has 2 aromatic heterocycles. The van der Waals surface area contributed by atoms with Gasteiger partial charge < -0.3 is 5.73 Å². The van der Waals surface area contributed by atoms with Crippen molar-refractivity contribution in [3.63, 3.8) is 0 Å². The van der Waals surface area contributed by atoms with E-state index in [2.05, 4.69) is 20.4 Å². The second-order valence-electron chi connectivity index (χ2n) is 3.26. The van der Waals surface area contributed by atoms with E-state index < -0.39 is 0 Å². The largest absolute Gasteiger partial charge is 0.329 e. The second-order valence-corrected chi connectivity index (χ2v) is 3.26. The molecule has 0 bridgehead atoms. The summed E-state index contributed by atoms with van der Waals surface area (Å²) in [5, 5.41) is 12.1. The van der Waals surface area contributed by atoms with E-state index in [-0.39, 0.29) is 0 Å². The summed E-state index contributed by atoms with van der Waals surface area (Å²) < 4.78 is 3.38. The molecule has 0 saturated carbocycles. The van der Waals surface area contributed by atoms with Crippen molar-refractivity contribution in [3.05, 3.63) is 12.0 Å². The van der Waals surface area contributed by atoms with Gasteiger partial charge in [0.1, 0.15) is 11.5 Å². The fourth-order valence-electron chi connectivity index (χ4n) is 1.38. The van der Waals surface area contributed by atoms with E-state index in [1.54, 1.807) is 9.36 Å². The van der Waals surface area contributed by atoms with E-state index in [1.807, 2.05) is 20.2 Å². The van der Waals surface area contributed by atoms with E-state index in [1.165, 1.54) is 0 Å². The minimum absolute atomic E-state index is 0.542. The highest BCUT2D eigenvalue weighted by Gasteiger charge is 2.10. The standard InChI is InChI=1S/C8H13N7/c1-6-10-8(14(2)12-6)7-5-15(4-3-9)13-11-7/h5H,3-4,9H2,1-2H3. The second kappa shape index (κ2) is 3.77. The SMILES string of the molecule is Cc1nc(-c2cn(CCN)nn2)n(C)n1. The van der Waals surface area contributed by atoms with E-state index in [9.17, 15) is 0 Å². The third-order valence-electron chi connectivity index (χ3n) is 1.99. The molecular weight excluding hydrogens is 194 g/mol. The predicted octanol–water partition coefficient (Wildman–Crippen LogP) is -0.659. The van der Waals surface area contributed by atoms with Gasteiger partial charge in [0.25, 0.3) is 0 Å². The van der Waals surface area contributed by atoms with Crippen molar-refractivity contribution >= 4 is 0 Å². The van der Waals surface area contributed by atoms with Crippen LogP contribution in [0.5, 0.6) is 0 Å². The molecule has 7 heteroatoms. The van der Waals surface area contributed by atoms with Crippen LogP contribution in [0.2, 0.25) is 0 Å². The Kier molecular flexibility index (Phi) is 2.46. The zero-order valence-electron chi connectivity index (χ0n) is 8.75. The first-order valence-electron chi connectivity index (χ1n) is 4.69. The van der Waals surface area contributed by atoms with Gasteiger partial charge in [-0.15, -0.1) is 5.10 Å². The Morgan fingerprint density at radius 2 is 2.27 bits per heavy atom. The van der Waals surface area contributed by atoms with Crippen LogP contribution in [0, 0.1) is 6.92 Å². The number of aryl methyl sites for hydroxylation is 2. The fraction of sp³-hybridized carbons (Fsp3) is 0.500. The maximum Gasteiger partial charge on any atom is 0.180 e. The molecule has 0 radical (unpaired) electrons. The third-order valence-corrected chi connectivity index (χ3v) is 1.99. The average molecular weight is 207 g/mol. The van der Waals surface area contributed by atoms with Crippen molar-refractivity contribution < 1.29 is 0 Å². The van der Waals surface area contributed by atoms with Crippen molar-refractivity contribution in [2.45, 2.75) is 13.5 Å². The van der Waals surface area contributed by atoms with Crippen molar-refractivity contribution in [1.29, 1.82) is 0 Å². The quantitative estimate of drug-likeness (QED) is 0.722. The monoisotopic (exact) mass is 207 g/mol. The van der Waals surface area contributed by atoms with E-state index in [0.717, 1.165) is 11.6 Å². The minimum atomic E-state index is 0.542. The summed E-state index contributed by atoms with van der Waals surface area (Å²) >= 11 is 0. The first-order chi connectivity index (χ1) is 7.20. The maximum atomic E-state index is 5.42. The van der Waals surface area contributed by atoms with Gasteiger partial charge in [-0.3, -0.25) is 4.68 Å². The summed E-state index contributed by atoms with van der Waals surface area (Å²) in [6, 6.07) is 0. The van der Waals surface area contributed by atoms with E-state index in [4.69, 9.17) is 5.73 Å². The Morgan fingerprint density at radius 1 is 1.47 bits per heavy atom. The highest BCUT2D eigenvalue weighted by Crippen LogP contribution is 2.11.